The summed E-state index contributed by atoms with van der Waals surface area (Å²) in [5.74, 6) is 6.24. The standard InChI is InChI=1S/C23H21N3O3S/c27-21(16-30-23-25-19-7-1-2-8-20(19)29-23)24-14-5-6-17-10-12-18(13-11-17)26-15-4-3-9-22(26)28/h1-2,7-8,10-13H,3-4,9,14-16H2,(H,24,27). The number of piperidine rings is 1. The van der Waals surface area contributed by atoms with Crippen LogP contribution in [0.4, 0.5) is 5.69 Å². The number of fused-ring (bicyclic) bond motifs is 1. The van der Waals surface area contributed by atoms with Gasteiger partial charge in [-0.3, -0.25) is 9.59 Å². The van der Waals surface area contributed by atoms with Crippen LogP contribution < -0.4 is 10.2 Å². The van der Waals surface area contributed by atoms with Gasteiger partial charge in [0.05, 0.1) is 12.3 Å². The van der Waals surface area contributed by atoms with Crippen LogP contribution in [-0.4, -0.2) is 35.6 Å². The maximum atomic E-state index is 12.0. The van der Waals surface area contributed by atoms with Crippen molar-refractivity contribution in [1.82, 2.24) is 10.3 Å². The lowest BCUT2D eigenvalue weighted by atomic mass is 10.1. The Morgan fingerprint density at radius 3 is 2.80 bits per heavy atom. The smallest absolute Gasteiger partial charge is 0.257 e. The van der Waals surface area contributed by atoms with E-state index in [9.17, 15) is 9.59 Å². The quantitative estimate of drug-likeness (QED) is 0.505. The number of para-hydroxylation sites is 2. The molecular weight excluding hydrogens is 398 g/mol. The number of amides is 2. The third-order valence-electron chi connectivity index (χ3n) is 4.71. The van der Waals surface area contributed by atoms with E-state index in [0.717, 1.165) is 36.2 Å². The fourth-order valence-corrected chi connectivity index (χ4v) is 3.85. The van der Waals surface area contributed by atoms with E-state index in [1.165, 1.54) is 11.8 Å². The number of benzene rings is 2. The van der Waals surface area contributed by atoms with Crippen molar-refractivity contribution in [3.05, 3.63) is 54.1 Å². The molecular formula is C23H21N3O3S. The Hall–Kier alpha value is -3.24. The Balaban J connectivity index is 1.23. The van der Waals surface area contributed by atoms with Crippen molar-refractivity contribution in [2.24, 2.45) is 0 Å². The average molecular weight is 420 g/mol. The molecule has 2 amide bonds. The van der Waals surface area contributed by atoms with E-state index in [4.69, 9.17) is 4.42 Å². The Labute approximate surface area is 179 Å². The molecule has 7 heteroatoms. The number of thioether (sulfide) groups is 1. The van der Waals surface area contributed by atoms with Gasteiger partial charge in [-0.05, 0) is 49.2 Å². The molecule has 1 aliphatic rings. The van der Waals surface area contributed by atoms with E-state index in [-0.39, 0.29) is 24.1 Å². The van der Waals surface area contributed by atoms with Gasteiger partial charge >= 0.3 is 0 Å². The average Bonchev–Trinajstić information content (AvgIpc) is 3.19. The van der Waals surface area contributed by atoms with Crippen LogP contribution in [-0.2, 0) is 9.59 Å². The van der Waals surface area contributed by atoms with Gasteiger partial charge in [0.2, 0.25) is 11.8 Å². The second kappa shape index (κ2) is 9.51. The summed E-state index contributed by atoms with van der Waals surface area (Å²) in [5, 5.41) is 3.25. The van der Waals surface area contributed by atoms with Gasteiger partial charge < -0.3 is 14.6 Å². The summed E-state index contributed by atoms with van der Waals surface area (Å²) in [5.41, 5.74) is 3.25. The van der Waals surface area contributed by atoms with Crippen molar-refractivity contribution in [3.63, 3.8) is 0 Å². The van der Waals surface area contributed by atoms with Crippen LogP contribution in [0, 0.1) is 11.8 Å². The fraction of sp³-hybridized carbons (Fsp3) is 0.261. The van der Waals surface area contributed by atoms with E-state index in [2.05, 4.69) is 22.1 Å². The zero-order valence-corrected chi connectivity index (χ0v) is 17.2. The van der Waals surface area contributed by atoms with Gasteiger partial charge in [0.25, 0.3) is 5.22 Å². The second-order valence-corrected chi connectivity index (χ2v) is 7.79. The number of hydrogen-bond donors (Lipinski definition) is 1. The van der Waals surface area contributed by atoms with Gasteiger partial charge in [0.1, 0.15) is 5.52 Å². The molecule has 3 aromatic rings. The monoisotopic (exact) mass is 419 g/mol. The molecule has 0 radical (unpaired) electrons. The van der Waals surface area contributed by atoms with Gasteiger partial charge in [-0.1, -0.05) is 35.7 Å². The topological polar surface area (TPSA) is 75.4 Å². The minimum atomic E-state index is -0.129. The Bertz CT molecular complexity index is 1080. The lowest BCUT2D eigenvalue weighted by Gasteiger charge is -2.26. The Morgan fingerprint density at radius 1 is 1.17 bits per heavy atom. The molecule has 2 heterocycles. The van der Waals surface area contributed by atoms with Crippen LogP contribution in [0.15, 0.2) is 58.2 Å². The first-order valence-electron chi connectivity index (χ1n) is 9.83. The second-order valence-electron chi connectivity index (χ2n) is 6.86. The largest absolute Gasteiger partial charge is 0.431 e. The lowest BCUT2D eigenvalue weighted by molar-refractivity contribution is -0.119. The number of oxazole rings is 1. The molecule has 0 saturated carbocycles. The molecule has 0 spiro atoms. The van der Waals surface area contributed by atoms with E-state index in [0.29, 0.717) is 17.2 Å². The van der Waals surface area contributed by atoms with Crippen molar-refractivity contribution in [3.8, 4) is 11.8 Å². The maximum Gasteiger partial charge on any atom is 0.257 e. The minimum absolute atomic E-state index is 0.129. The van der Waals surface area contributed by atoms with Gasteiger partial charge in [-0.15, -0.1) is 0 Å². The minimum Gasteiger partial charge on any atom is -0.431 e. The number of carbonyl (C=O) groups is 2. The fourth-order valence-electron chi connectivity index (χ4n) is 3.18. The number of nitrogens with one attached hydrogen (secondary N) is 1. The van der Waals surface area contributed by atoms with Gasteiger partial charge in [-0.2, -0.15) is 0 Å². The number of aromatic nitrogens is 1. The summed E-state index contributed by atoms with van der Waals surface area (Å²) < 4.78 is 5.58. The van der Waals surface area contributed by atoms with E-state index in [1.807, 2.05) is 53.4 Å². The number of carbonyl (C=O) groups excluding carboxylic acids is 2. The zero-order valence-electron chi connectivity index (χ0n) is 16.4. The van der Waals surface area contributed by atoms with Gasteiger partial charge in [-0.25, -0.2) is 4.98 Å². The van der Waals surface area contributed by atoms with Crippen LogP contribution in [0.5, 0.6) is 0 Å². The van der Waals surface area contributed by atoms with Crippen LogP contribution in [0.2, 0.25) is 0 Å². The Kier molecular flexibility index (Phi) is 6.35. The number of nitrogens with zero attached hydrogens (tertiary/aromatic N) is 2. The number of rotatable bonds is 5. The highest BCUT2D eigenvalue weighted by Gasteiger charge is 2.19. The molecule has 1 fully saturated rings. The molecule has 30 heavy (non-hydrogen) atoms. The summed E-state index contributed by atoms with van der Waals surface area (Å²) in [7, 11) is 0. The predicted molar refractivity (Wildman–Crippen MR) is 117 cm³/mol. The van der Waals surface area contributed by atoms with Crippen molar-refractivity contribution < 1.29 is 14.0 Å². The molecule has 0 bridgehead atoms. The van der Waals surface area contributed by atoms with Crippen molar-refractivity contribution in [1.29, 1.82) is 0 Å². The van der Waals surface area contributed by atoms with Gasteiger partial charge in [0, 0.05) is 24.2 Å². The molecule has 1 N–H and O–H groups in total. The van der Waals surface area contributed by atoms with Crippen LogP contribution >= 0.6 is 11.8 Å². The SMILES string of the molecule is O=C(CSc1nc2ccccc2o1)NCC#Cc1ccc(N2CCCCC2=O)cc1. The van der Waals surface area contributed by atoms with Crippen LogP contribution in [0.25, 0.3) is 11.1 Å². The number of hydrogen-bond acceptors (Lipinski definition) is 5. The molecule has 1 aliphatic heterocycles. The van der Waals surface area contributed by atoms with Gasteiger partial charge in [0.15, 0.2) is 5.58 Å². The molecule has 6 nitrogen and oxygen atoms in total. The predicted octanol–water partition coefficient (Wildman–Crippen LogP) is 3.60. The molecule has 4 rings (SSSR count). The first-order valence-corrected chi connectivity index (χ1v) is 10.8. The summed E-state index contributed by atoms with van der Waals surface area (Å²) >= 11 is 1.25. The van der Waals surface area contributed by atoms with E-state index >= 15 is 0 Å². The lowest BCUT2D eigenvalue weighted by Crippen LogP contribution is -2.35. The third-order valence-corrected chi connectivity index (χ3v) is 5.54. The normalized spacial score (nSPS) is 13.7. The first kappa shape index (κ1) is 20.0. The highest BCUT2D eigenvalue weighted by molar-refractivity contribution is 7.99. The highest BCUT2D eigenvalue weighted by Crippen LogP contribution is 2.23. The Morgan fingerprint density at radius 2 is 2.00 bits per heavy atom. The van der Waals surface area contributed by atoms with Crippen LogP contribution in [0.1, 0.15) is 24.8 Å². The summed E-state index contributed by atoms with van der Waals surface area (Å²) in [4.78, 5) is 30.1. The van der Waals surface area contributed by atoms with Crippen molar-refractivity contribution in [2.45, 2.75) is 24.5 Å². The first-order chi connectivity index (χ1) is 14.7. The summed E-state index contributed by atoms with van der Waals surface area (Å²) in [6, 6.07) is 15.1. The van der Waals surface area contributed by atoms with Crippen LogP contribution in [0.3, 0.4) is 0 Å². The molecule has 0 unspecified atom stereocenters. The molecule has 0 atom stereocenters. The maximum absolute atomic E-state index is 12.0. The summed E-state index contributed by atoms with van der Waals surface area (Å²) in [6.45, 7) is 1.04. The highest BCUT2D eigenvalue weighted by atomic mass is 32.2. The zero-order chi connectivity index (χ0) is 20.8. The molecule has 2 aromatic carbocycles. The van der Waals surface area contributed by atoms with Crippen molar-refractivity contribution in [2.75, 3.05) is 23.7 Å². The molecule has 152 valence electrons. The number of anilines is 1. The van der Waals surface area contributed by atoms with E-state index in [1.54, 1.807) is 0 Å². The summed E-state index contributed by atoms with van der Waals surface area (Å²) in [6.07, 6.45) is 2.63. The third kappa shape index (κ3) is 5.02. The molecule has 1 saturated heterocycles. The molecule has 1 aromatic heterocycles. The molecule has 0 aliphatic carbocycles. The van der Waals surface area contributed by atoms with E-state index < -0.39 is 0 Å². The van der Waals surface area contributed by atoms with Crippen molar-refractivity contribution >= 4 is 40.4 Å².